The lowest BCUT2D eigenvalue weighted by Gasteiger charge is -2.05. The normalized spacial score (nSPS) is 10.8. The van der Waals surface area contributed by atoms with Gasteiger partial charge in [-0.05, 0) is 37.3 Å². The van der Waals surface area contributed by atoms with Crippen molar-refractivity contribution in [3.05, 3.63) is 71.0 Å². The smallest absolute Gasteiger partial charge is 0.221 e. The van der Waals surface area contributed by atoms with Gasteiger partial charge in [0.25, 0.3) is 0 Å². The van der Waals surface area contributed by atoms with Crippen LogP contribution < -0.4 is 10.6 Å². The number of amides is 1. The molecule has 0 fully saturated rings. The molecule has 4 rings (SSSR count). The van der Waals surface area contributed by atoms with Crippen molar-refractivity contribution in [3.63, 3.8) is 0 Å². The van der Waals surface area contributed by atoms with Crippen molar-refractivity contribution in [2.45, 2.75) is 23.9 Å². The molecule has 0 aliphatic carbocycles. The van der Waals surface area contributed by atoms with Gasteiger partial charge in [-0.2, -0.15) is 5.10 Å². The summed E-state index contributed by atoms with van der Waals surface area (Å²) < 4.78 is 2.57. The molecule has 1 amide bonds. The first-order valence-electron chi connectivity index (χ1n) is 9.40. The van der Waals surface area contributed by atoms with Crippen molar-refractivity contribution in [1.82, 2.24) is 20.0 Å². The number of carbonyl (C=O) groups excluding carboxylic acids is 1. The van der Waals surface area contributed by atoms with Crippen molar-refractivity contribution in [2.24, 2.45) is 0 Å². The Kier molecular flexibility index (Phi) is 6.55. The minimum Gasteiger partial charge on any atom is -0.330 e. The molecule has 0 saturated carbocycles. The van der Waals surface area contributed by atoms with E-state index in [0.717, 1.165) is 32.7 Å². The van der Waals surface area contributed by atoms with Crippen LogP contribution in [0.2, 0.25) is 5.15 Å². The molecule has 0 saturated heterocycles. The van der Waals surface area contributed by atoms with E-state index in [0.29, 0.717) is 16.0 Å². The zero-order chi connectivity index (χ0) is 21.8. The third-order valence-corrected chi connectivity index (χ3v) is 6.69. The van der Waals surface area contributed by atoms with E-state index in [1.54, 1.807) is 16.4 Å². The Morgan fingerprint density at radius 3 is 2.68 bits per heavy atom. The number of hydrogen-bond donors (Lipinski definition) is 2. The van der Waals surface area contributed by atoms with E-state index in [4.69, 9.17) is 11.6 Å². The molecule has 0 bridgehead atoms. The predicted molar refractivity (Wildman–Crippen MR) is 127 cm³/mol. The first-order valence-corrected chi connectivity index (χ1v) is 11.6. The van der Waals surface area contributed by atoms with E-state index in [1.807, 2.05) is 61.5 Å². The van der Waals surface area contributed by atoms with Crippen LogP contribution >= 0.6 is 34.7 Å². The molecular weight excluding hydrogens is 452 g/mol. The number of nitrogens with one attached hydrogen (secondary N) is 2. The van der Waals surface area contributed by atoms with Crippen LogP contribution in [-0.2, 0) is 10.5 Å². The second kappa shape index (κ2) is 9.51. The average molecular weight is 471 g/mol. The fourth-order valence-electron chi connectivity index (χ4n) is 2.89. The molecule has 2 aromatic heterocycles. The second-order valence-electron chi connectivity index (χ2n) is 6.65. The van der Waals surface area contributed by atoms with Crippen LogP contribution in [0.3, 0.4) is 0 Å². The average Bonchev–Trinajstić information content (AvgIpc) is 3.30. The summed E-state index contributed by atoms with van der Waals surface area (Å²) in [7, 11) is 0. The number of aryl methyl sites for hydroxylation is 1. The first kappa shape index (κ1) is 21.4. The highest BCUT2D eigenvalue weighted by atomic mass is 35.5. The fourth-order valence-corrected chi connectivity index (χ4v) is 5.17. The topological polar surface area (TPSA) is 84.7 Å². The number of anilines is 3. The van der Waals surface area contributed by atoms with Crippen molar-refractivity contribution < 1.29 is 4.79 Å². The quantitative estimate of drug-likeness (QED) is 0.338. The number of hydrogen-bond acceptors (Lipinski definition) is 7. The largest absolute Gasteiger partial charge is 0.330 e. The zero-order valence-corrected chi connectivity index (χ0v) is 19.2. The molecule has 4 aromatic rings. The molecule has 158 valence electrons. The third kappa shape index (κ3) is 5.25. The minimum atomic E-state index is -0.115. The van der Waals surface area contributed by atoms with Crippen molar-refractivity contribution in [1.29, 1.82) is 0 Å². The molecule has 0 spiro atoms. The molecule has 2 N–H and O–H groups in total. The number of thioether (sulfide) groups is 1. The SMILES string of the molecule is CC(=O)Nc1cccc(Nc2nnc(SCc3c(C)nn(-c4ccccc4)c3Cl)s2)c1. The van der Waals surface area contributed by atoms with Crippen molar-refractivity contribution >= 4 is 57.1 Å². The Morgan fingerprint density at radius 1 is 1.13 bits per heavy atom. The summed E-state index contributed by atoms with van der Waals surface area (Å²) in [5.74, 6) is 0.528. The van der Waals surface area contributed by atoms with E-state index in [-0.39, 0.29) is 5.91 Å². The number of halogens is 1. The maximum Gasteiger partial charge on any atom is 0.221 e. The highest BCUT2D eigenvalue weighted by molar-refractivity contribution is 8.00. The van der Waals surface area contributed by atoms with E-state index in [2.05, 4.69) is 25.9 Å². The lowest BCUT2D eigenvalue weighted by Crippen LogP contribution is -2.05. The number of nitrogens with zero attached hydrogens (tertiary/aromatic N) is 4. The predicted octanol–water partition coefficient (Wildman–Crippen LogP) is 5.68. The van der Waals surface area contributed by atoms with Gasteiger partial charge in [-0.25, -0.2) is 4.68 Å². The molecule has 2 heterocycles. The van der Waals surface area contributed by atoms with Crippen LogP contribution in [0, 0.1) is 6.92 Å². The van der Waals surface area contributed by atoms with Crippen molar-refractivity contribution in [3.8, 4) is 5.69 Å². The summed E-state index contributed by atoms with van der Waals surface area (Å²) in [5.41, 5.74) is 4.33. The van der Waals surface area contributed by atoms with E-state index in [1.165, 1.54) is 18.3 Å². The Balaban J connectivity index is 1.42. The van der Waals surface area contributed by atoms with E-state index >= 15 is 0 Å². The number of carbonyl (C=O) groups is 1. The summed E-state index contributed by atoms with van der Waals surface area (Å²) >= 11 is 9.62. The van der Waals surface area contributed by atoms with Crippen LogP contribution in [0.4, 0.5) is 16.5 Å². The zero-order valence-electron chi connectivity index (χ0n) is 16.8. The molecule has 2 aromatic carbocycles. The Morgan fingerprint density at radius 2 is 1.90 bits per heavy atom. The number of rotatable bonds is 7. The molecule has 0 aliphatic rings. The van der Waals surface area contributed by atoms with Gasteiger partial charge in [0.05, 0.1) is 11.4 Å². The van der Waals surface area contributed by atoms with Crippen LogP contribution in [0.15, 0.2) is 58.9 Å². The maximum absolute atomic E-state index is 11.2. The summed E-state index contributed by atoms with van der Waals surface area (Å²) in [4.78, 5) is 11.2. The Bertz CT molecular complexity index is 1210. The van der Waals surface area contributed by atoms with Crippen LogP contribution in [0.1, 0.15) is 18.2 Å². The van der Waals surface area contributed by atoms with Gasteiger partial charge in [-0.15, -0.1) is 10.2 Å². The second-order valence-corrected chi connectivity index (χ2v) is 9.21. The van der Waals surface area contributed by atoms with E-state index in [9.17, 15) is 4.79 Å². The van der Waals surface area contributed by atoms with Crippen LogP contribution in [-0.4, -0.2) is 25.9 Å². The van der Waals surface area contributed by atoms with E-state index < -0.39 is 0 Å². The summed E-state index contributed by atoms with van der Waals surface area (Å²) in [6.45, 7) is 3.43. The minimum absolute atomic E-state index is 0.115. The highest BCUT2D eigenvalue weighted by Crippen LogP contribution is 2.33. The third-order valence-electron chi connectivity index (χ3n) is 4.30. The maximum atomic E-state index is 11.2. The molecule has 7 nitrogen and oxygen atoms in total. The summed E-state index contributed by atoms with van der Waals surface area (Å²) in [6.07, 6.45) is 0. The van der Waals surface area contributed by atoms with Gasteiger partial charge >= 0.3 is 0 Å². The Hall–Kier alpha value is -2.88. The van der Waals surface area contributed by atoms with Gasteiger partial charge in [0, 0.05) is 29.6 Å². The standard InChI is InChI=1S/C21H19ClN6OS2/c1-13-18(19(22)28(27-13)17-9-4-3-5-10-17)12-30-21-26-25-20(31-21)24-16-8-6-7-15(11-16)23-14(2)29/h3-11H,12H2,1-2H3,(H,23,29)(H,24,25). The number of aromatic nitrogens is 4. The first-order chi connectivity index (χ1) is 15.0. The van der Waals surface area contributed by atoms with Gasteiger partial charge in [-0.3, -0.25) is 4.79 Å². The lowest BCUT2D eigenvalue weighted by atomic mass is 10.3. The molecule has 0 radical (unpaired) electrons. The Labute approximate surface area is 192 Å². The van der Waals surface area contributed by atoms with Gasteiger partial charge in [0.15, 0.2) is 4.34 Å². The molecule has 0 unspecified atom stereocenters. The van der Waals surface area contributed by atoms with Crippen LogP contribution in [0.5, 0.6) is 0 Å². The molecule has 10 heteroatoms. The van der Waals surface area contributed by atoms with Gasteiger partial charge < -0.3 is 10.6 Å². The molecule has 31 heavy (non-hydrogen) atoms. The molecule has 0 atom stereocenters. The fraction of sp³-hybridized carbons (Fsp3) is 0.143. The summed E-state index contributed by atoms with van der Waals surface area (Å²) in [5, 5.41) is 20.3. The number of para-hydroxylation sites is 1. The van der Waals surface area contributed by atoms with Gasteiger partial charge in [-0.1, -0.05) is 59.0 Å². The number of benzene rings is 2. The van der Waals surface area contributed by atoms with Gasteiger partial charge in [0.2, 0.25) is 11.0 Å². The summed E-state index contributed by atoms with van der Waals surface area (Å²) in [6, 6.07) is 17.3. The monoisotopic (exact) mass is 470 g/mol. The van der Waals surface area contributed by atoms with Crippen LogP contribution in [0.25, 0.3) is 5.69 Å². The molecular formula is C21H19ClN6OS2. The van der Waals surface area contributed by atoms with Crippen molar-refractivity contribution in [2.75, 3.05) is 10.6 Å². The lowest BCUT2D eigenvalue weighted by molar-refractivity contribution is -0.114. The van der Waals surface area contributed by atoms with Gasteiger partial charge in [0.1, 0.15) is 5.15 Å². The molecule has 0 aliphatic heterocycles. The highest BCUT2D eigenvalue weighted by Gasteiger charge is 2.16.